The largest absolute Gasteiger partial charge is 0.381 e. The Labute approximate surface area is 182 Å². The van der Waals surface area contributed by atoms with E-state index in [-0.39, 0.29) is 11.7 Å². The van der Waals surface area contributed by atoms with Crippen molar-refractivity contribution in [2.75, 3.05) is 31.2 Å². The molecule has 1 aromatic heterocycles. The molecule has 4 N–H and O–H groups in total. The third-order valence-electron chi connectivity index (χ3n) is 6.18. The number of ether oxygens (including phenoxy) is 1. The van der Waals surface area contributed by atoms with E-state index in [0.29, 0.717) is 34.5 Å². The van der Waals surface area contributed by atoms with Crippen molar-refractivity contribution >= 4 is 22.6 Å². The molecule has 0 aliphatic carbocycles. The Morgan fingerprint density at radius 3 is 2.55 bits per heavy atom. The van der Waals surface area contributed by atoms with Crippen LogP contribution in [-0.2, 0) is 4.74 Å². The SMILES string of the molecule is Cc1cc2cc(C(=N)NC(C)O)c(N3CCC(NC4CCOCC4)CC3)nc2cc1F. The number of aromatic nitrogens is 1. The summed E-state index contributed by atoms with van der Waals surface area (Å²) in [4.78, 5) is 6.93. The highest BCUT2D eigenvalue weighted by molar-refractivity contribution is 6.04. The summed E-state index contributed by atoms with van der Waals surface area (Å²) >= 11 is 0. The maximum Gasteiger partial charge on any atom is 0.140 e. The number of aliphatic hydroxyl groups is 1. The summed E-state index contributed by atoms with van der Waals surface area (Å²) in [6, 6.07) is 6.06. The lowest BCUT2D eigenvalue weighted by Crippen LogP contribution is -2.48. The molecule has 31 heavy (non-hydrogen) atoms. The fraction of sp³-hybridized carbons (Fsp3) is 0.565. The van der Waals surface area contributed by atoms with Crippen molar-refractivity contribution in [3.63, 3.8) is 0 Å². The van der Waals surface area contributed by atoms with Crippen LogP contribution in [0.5, 0.6) is 0 Å². The number of nitrogens with zero attached hydrogens (tertiary/aromatic N) is 2. The molecule has 3 heterocycles. The number of pyridine rings is 1. The summed E-state index contributed by atoms with van der Waals surface area (Å²) in [5.74, 6) is 0.498. The van der Waals surface area contributed by atoms with E-state index in [1.165, 1.54) is 6.07 Å². The summed E-state index contributed by atoms with van der Waals surface area (Å²) in [7, 11) is 0. The molecule has 0 spiro atoms. The van der Waals surface area contributed by atoms with E-state index in [2.05, 4.69) is 15.5 Å². The summed E-state index contributed by atoms with van der Waals surface area (Å²) in [5.41, 5.74) is 1.74. The van der Waals surface area contributed by atoms with Crippen molar-refractivity contribution < 1.29 is 14.2 Å². The summed E-state index contributed by atoms with van der Waals surface area (Å²) in [6.07, 6.45) is 3.24. The van der Waals surface area contributed by atoms with E-state index in [4.69, 9.17) is 15.1 Å². The first-order valence-electron chi connectivity index (χ1n) is 11.1. The number of fused-ring (bicyclic) bond motifs is 1. The van der Waals surface area contributed by atoms with Gasteiger partial charge in [-0.15, -0.1) is 0 Å². The van der Waals surface area contributed by atoms with Crippen LogP contribution in [0.2, 0.25) is 0 Å². The van der Waals surface area contributed by atoms with Gasteiger partial charge in [-0.3, -0.25) is 5.41 Å². The highest BCUT2D eigenvalue weighted by Crippen LogP contribution is 2.28. The number of nitrogens with one attached hydrogen (secondary N) is 3. The molecule has 2 aliphatic heterocycles. The topological polar surface area (TPSA) is 93.5 Å². The van der Waals surface area contributed by atoms with Gasteiger partial charge < -0.3 is 25.4 Å². The lowest BCUT2D eigenvalue weighted by Gasteiger charge is -2.37. The van der Waals surface area contributed by atoms with E-state index in [1.807, 2.05) is 6.07 Å². The highest BCUT2D eigenvalue weighted by Gasteiger charge is 2.26. The van der Waals surface area contributed by atoms with Gasteiger partial charge in [0.1, 0.15) is 23.7 Å². The Kier molecular flexibility index (Phi) is 6.69. The molecule has 1 aromatic carbocycles. The predicted molar refractivity (Wildman–Crippen MR) is 120 cm³/mol. The first-order chi connectivity index (χ1) is 14.9. The molecule has 4 rings (SSSR count). The Morgan fingerprint density at radius 2 is 1.87 bits per heavy atom. The molecule has 7 nitrogen and oxygen atoms in total. The summed E-state index contributed by atoms with van der Waals surface area (Å²) in [5, 5.41) is 25.5. The van der Waals surface area contributed by atoms with Crippen LogP contribution in [-0.4, -0.2) is 60.5 Å². The number of hydrogen-bond donors (Lipinski definition) is 4. The molecule has 2 fully saturated rings. The van der Waals surface area contributed by atoms with Crippen LogP contribution < -0.4 is 15.5 Å². The molecule has 0 radical (unpaired) electrons. The van der Waals surface area contributed by atoms with E-state index in [1.54, 1.807) is 19.9 Å². The van der Waals surface area contributed by atoms with Crippen molar-refractivity contribution in [1.82, 2.24) is 15.6 Å². The van der Waals surface area contributed by atoms with Crippen molar-refractivity contribution in [3.05, 3.63) is 35.1 Å². The highest BCUT2D eigenvalue weighted by atomic mass is 19.1. The number of amidine groups is 1. The molecule has 2 saturated heterocycles. The van der Waals surface area contributed by atoms with Gasteiger partial charge in [-0.25, -0.2) is 9.37 Å². The molecular weight excluding hydrogens is 397 g/mol. The molecular formula is C23H32FN5O2. The summed E-state index contributed by atoms with van der Waals surface area (Å²) < 4.78 is 19.6. The molecule has 0 amide bonds. The van der Waals surface area contributed by atoms with Crippen molar-refractivity contribution in [1.29, 1.82) is 5.41 Å². The lowest BCUT2D eigenvalue weighted by atomic mass is 10.0. The number of aliphatic hydroxyl groups excluding tert-OH is 1. The monoisotopic (exact) mass is 429 g/mol. The first kappa shape index (κ1) is 21.9. The minimum atomic E-state index is -0.847. The zero-order valence-electron chi connectivity index (χ0n) is 18.2. The number of rotatable bonds is 5. The number of aryl methyl sites for hydroxylation is 1. The van der Waals surface area contributed by atoms with Gasteiger partial charge >= 0.3 is 0 Å². The van der Waals surface area contributed by atoms with Crippen molar-refractivity contribution in [3.8, 4) is 0 Å². The van der Waals surface area contributed by atoms with Gasteiger partial charge in [0, 0.05) is 49.8 Å². The number of hydrogen-bond acceptors (Lipinski definition) is 6. The van der Waals surface area contributed by atoms with Gasteiger partial charge in [0.2, 0.25) is 0 Å². The van der Waals surface area contributed by atoms with Crippen LogP contribution in [0.25, 0.3) is 10.9 Å². The van der Waals surface area contributed by atoms with Crippen LogP contribution in [0.4, 0.5) is 10.2 Å². The molecule has 8 heteroatoms. The van der Waals surface area contributed by atoms with E-state index in [0.717, 1.165) is 57.4 Å². The molecule has 1 atom stereocenters. The fourth-order valence-corrected chi connectivity index (χ4v) is 4.47. The normalized spacial score (nSPS) is 19.5. The van der Waals surface area contributed by atoms with Crippen molar-refractivity contribution in [2.45, 2.75) is 57.8 Å². The van der Waals surface area contributed by atoms with Gasteiger partial charge in [-0.05, 0) is 57.2 Å². The van der Waals surface area contributed by atoms with Crippen LogP contribution in [0, 0.1) is 18.2 Å². The quantitative estimate of drug-likeness (QED) is 0.332. The number of piperidine rings is 1. The number of anilines is 1. The van der Waals surface area contributed by atoms with E-state index in [9.17, 15) is 9.50 Å². The van der Waals surface area contributed by atoms with Crippen LogP contribution in [0.3, 0.4) is 0 Å². The van der Waals surface area contributed by atoms with Gasteiger partial charge in [0.25, 0.3) is 0 Å². The smallest absolute Gasteiger partial charge is 0.140 e. The third-order valence-corrected chi connectivity index (χ3v) is 6.18. The number of halogens is 1. The molecule has 1 unspecified atom stereocenters. The standard InChI is InChI=1S/C23H32FN5O2/c1-14-11-16-12-19(22(25)26-15(2)30)23(28-21(16)13-20(14)24)29-7-3-17(4-8-29)27-18-5-9-31-10-6-18/h11-13,15,17-18,27,30H,3-10H2,1-2H3,(H2,25,26). The molecule has 2 aliphatic rings. The minimum absolute atomic E-state index is 0.115. The Morgan fingerprint density at radius 1 is 1.19 bits per heavy atom. The average molecular weight is 430 g/mol. The summed E-state index contributed by atoms with van der Waals surface area (Å²) in [6.45, 7) is 6.57. The second kappa shape index (κ2) is 9.46. The predicted octanol–water partition coefficient (Wildman–Crippen LogP) is 2.67. The second-order valence-corrected chi connectivity index (χ2v) is 8.66. The second-order valence-electron chi connectivity index (χ2n) is 8.66. The first-order valence-corrected chi connectivity index (χ1v) is 11.1. The minimum Gasteiger partial charge on any atom is -0.381 e. The van der Waals surface area contributed by atoms with Crippen LogP contribution in [0.15, 0.2) is 18.2 Å². The van der Waals surface area contributed by atoms with Gasteiger partial charge in [-0.2, -0.15) is 0 Å². The molecule has 0 saturated carbocycles. The Bertz CT molecular complexity index is 937. The van der Waals surface area contributed by atoms with Gasteiger partial charge in [0.05, 0.1) is 11.1 Å². The molecule has 0 bridgehead atoms. The number of benzene rings is 1. The Balaban J connectivity index is 1.56. The molecule has 2 aromatic rings. The zero-order valence-corrected chi connectivity index (χ0v) is 18.2. The Hall–Kier alpha value is -2.29. The maximum absolute atomic E-state index is 14.2. The lowest BCUT2D eigenvalue weighted by molar-refractivity contribution is 0.0738. The van der Waals surface area contributed by atoms with Crippen molar-refractivity contribution in [2.24, 2.45) is 0 Å². The maximum atomic E-state index is 14.2. The van der Waals surface area contributed by atoms with Gasteiger partial charge in [0.15, 0.2) is 0 Å². The van der Waals surface area contributed by atoms with Crippen LogP contribution in [0.1, 0.15) is 43.7 Å². The van der Waals surface area contributed by atoms with Gasteiger partial charge in [-0.1, -0.05) is 0 Å². The van der Waals surface area contributed by atoms with Crippen LogP contribution >= 0.6 is 0 Å². The molecule has 168 valence electrons. The zero-order chi connectivity index (χ0) is 22.0. The van der Waals surface area contributed by atoms with E-state index < -0.39 is 6.23 Å². The average Bonchev–Trinajstić information content (AvgIpc) is 2.75. The van der Waals surface area contributed by atoms with E-state index >= 15 is 0 Å². The third kappa shape index (κ3) is 5.14. The fourth-order valence-electron chi connectivity index (χ4n) is 4.47.